The SMILES string of the molecule is CC(C)(C)c1ccc(/C=C/c2ccc(-c3ccc(I)s3)s2)cc1. The lowest BCUT2D eigenvalue weighted by atomic mass is 9.87. The zero-order chi connectivity index (χ0) is 16.4. The van der Waals surface area contributed by atoms with E-state index in [0.29, 0.717) is 0 Å². The molecule has 3 rings (SSSR count). The van der Waals surface area contributed by atoms with Crippen LogP contribution in [-0.2, 0) is 5.41 Å². The van der Waals surface area contributed by atoms with Gasteiger partial charge in [-0.05, 0) is 69.5 Å². The molecule has 0 fully saturated rings. The molecule has 0 bridgehead atoms. The minimum Gasteiger partial charge on any atom is -0.135 e. The summed E-state index contributed by atoms with van der Waals surface area (Å²) in [4.78, 5) is 4.00. The summed E-state index contributed by atoms with van der Waals surface area (Å²) in [5, 5.41) is 0. The van der Waals surface area contributed by atoms with Crippen molar-refractivity contribution < 1.29 is 0 Å². The minimum absolute atomic E-state index is 0.211. The normalized spacial score (nSPS) is 12.2. The van der Waals surface area contributed by atoms with E-state index in [1.54, 1.807) is 0 Å². The molecule has 0 nitrogen and oxygen atoms in total. The molecule has 0 saturated carbocycles. The summed E-state index contributed by atoms with van der Waals surface area (Å²) in [6.45, 7) is 6.74. The summed E-state index contributed by atoms with van der Waals surface area (Å²) in [7, 11) is 0. The second-order valence-corrected chi connectivity index (χ2v) is 10.6. The monoisotopic (exact) mass is 450 g/mol. The number of hydrogen-bond acceptors (Lipinski definition) is 2. The summed E-state index contributed by atoms with van der Waals surface area (Å²) >= 11 is 6.07. The topological polar surface area (TPSA) is 0 Å². The number of thiophene rings is 2. The van der Waals surface area contributed by atoms with E-state index in [1.165, 1.54) is 28.6 Å². The Labute approximate surface area is 160 Å². The van der Waals surface area contributed by atoms with Crippen LogP contribution in [-0.4, -0.2) is 0 Å². The summed E-state index contributed by atoms with van der Waals surface area (Å²) in [5.74, 6) is 0. The van der Waals surface area contributed by atoms with Gasteiger partial charge < -0.3 is 0 Å². The van der Waals surface area contributed by atoms with Crippen LogP contribution in [0.1, 0.15) is 36.8 Å². The van der Waals surface area contributed by atoms with Crippen molar-refractivity contribution in [2.75, 3.05) is 0 Å². The van der Waals surface area contributed by atoms with Crippen LogP contribution >= 0.6 is 45.3 Å². The number of hydrogen-bond donors (Lipinski definition) is 0. The van der Waals surface area contributed by atoms with Gasteiger partial charge in [0.1, 0.15) is 0 Å². The van der Waals surface area contributed by atoms with E-state index in [2.05, 4.69) is 104 Å². The van der Waals surface area contributed by atoms with Crippen molar-refractivity contribution in [2.24, 2.45) is 0 Å². The summed E-state index contributed by atoms with van der Waals surface area (Å²) < 4.78 is 1.34. The van der Waals surface area contributed by atoms with Crippen molar-refractivity contribution in [3.63, 3.8) is 0 Å². The Morgan fingerprint density at radius 1 is 0.783 bits per heavy atom. The number of halogens is 1. The molecule has 2 aromatic heterocycles. The van der Waals surface area contributed by atoms with Crippen LogP contribution in [0.2, 0.25) is 0 Å². The Balaban J connectivity index is 1.74. The van der Waals surface area contributed by atoms with Crippen LogP contribution in [0.3, 0.4) is 0 Å². The molecule has 3 aromatic rings. The summed E-state index contributed by atoms with van der Waals surface area (Å²) in [5.41, 5.74) is 2.84. The Hall–Kier alpha value is -0.910. The second kappa shape index (κ2) is 6.91. The fourth-order valence-corrected chi connectivity index (χ4v) is 4.92. The third-order valence-electron chi connectivity index (χ3n) is 3.66. The highest BCUT2D eigenvalue weighted by Crippen LogP contribution is 2.34. The first-order chi connectivity index (χ1) is 10.9. The molecule has 0 unspecified atom stereocenters. The molecule has 0 atom stereocenters. The molecule has 0 aliphatic heterocycles. The van der Waals surface area contributed by atoms with Crippen molar-refractivity contribution >= 4 is 57.4 Å². The highest BCUT2D eigenvalue weighted by Gasteiger charge is 2.12. The van der Waals surface area contributed by atoms with Crippen LogP contribution in [0.4, 0.5) is 0 Å². The van der Waals surface area contributed by atoms with Gasteiger partial charge in [-0.25, -0.2) is 0 Å². The molecule has 3 heteroatoms. The van der Waals surface area contributed by atoms with Crippen LogP contribution in [0, 0.1) is 2.88 Å². The maximum absolute atomic E-state index is 2.38. The molecule has 0 saturated heterocycles. The summed E-state index contributed by atoms with van der Waals surface area (Å²) in [6, 6.07) is 17.7. The molecule has 0 amide bonds. The predicted octanol–water partition coefficient (Wildman–Crippen LogP) is 7.55. The average Bonchev–Trinajstić information content (AvgIpc) is 3.13. The largest absolute Gasteiger partial charge is 0.135 e. The first-order valence-corrected chi connectivity index (χ1v) is 10.3. The molecule has 0 aliphatic carbocycles. The zero-order valence-electron chi connectivity index (χ0n) is 13.5. The van der Waals surface area contributed by atoms with E-state index in [0.717, 1.165) is 0 Å². The van der Waals surface area contributed by atoms with Crippen molar-refractivity contribution in [2.45, 2.75) is 26.2 Å². The quantitative estimate of drug-likeness (QED) is 0.362. The fraction of sp³-hybridized carbons (Fsp3) is 0.200. The van der Waals surface area contributed by atoms with E-state index < -0.39 is 0 Å². The van der Waals surface area contributed by atoms with Crippen molar-refractivity contribution in [1.29, 1.82) is 0 Å². The van der Waals surface area contributed by atoms with E-state index >= 15 is 0 Å². The molecule has 23 heavy (non-hydrogen) atoms. The summed E-state index contributed by atoms with van der Waals surface area (Å²) in [6.07, 6.45) is 4.40. The molecule has 1 aromatic carbocycles. The van der Waals surface area contributed by atoms with Gasteiger partial charge >= 0.3 is 0 Å². The Kier molecular flexibility index (Phi) is 5.09. The van der Waals surface area contributed by atoms with Gasteiger partial charge in [0.25, 0.3) is 0 Å². The third-order valence-corrected chi connectivity index (χ3v) is 6.80. The molecule has 118 valence electrons. The molecule has 2 heterocycles. The van der Waals surface area contributed by atoms with Gasteiger partial charge in [-0.2, -0.15) is 0 Å². The maximum Gasteiger partial charge on any atom is 0.0660 e. The molecular formula is C20H19IS2. The molecule has 0 radical (unpaired) electrons. The first-order valence-electron chi connectivity index (χ1n) is 7.56. The maximum atomic E-state index is 2.38. The smallest absolute Gasteiger partial charge is 0.0660 e. The van der Waals surface area contributed by atoms with Crippen LogP contribution in [0.25, 0.3) is 21.9 Å². The van der Waals surface area contributed by atoms with Gasteiger partial charge in [-0.15, -0.1) is 22.7 Å². The molecule has 0 N–H and O–H groups in total. The zero-order valence-corrected chi connectivity index (χ0v) is 17.3. The van der Waals surface area contributed by atoms with Crippen molar-refractivity contribution in [3.8, 4) is 9.75 Å². The van der Waals surface area contributed by atoms with Crippen molar-refractivity contribution in [3.05, 3.63) is 67.4 Å². The standard InChI is InChI=1S/C20H19IS2/c1-20(2,3)15-7-4-14(5-8-15)6-9-16-10-11-17(22-16)18-12-13-19(21)23-18/h4-13H,1-3H3/b9-6+. The molecule has 0 aliphatic rings. The van der Waals surface area contributed by atoms with E-state index in [-0.39, 0.29) is 5.41 Å². The Morgan fingerprint density at radius 2 is 1.43 bits per heavy atom. The highest BCUT2D eigenvalue weighted by molar-refractivity contribution is 14.1. The van der Waals surface area contributed by atoms with Crippen molar-refractivity contribution in [1.82, 2.24) is 0 Å². The van der Waals surface area contributed by atoms with Gasteiger partial charge in [0, 0.05) is 14.6 Å². The van der Waals surface area contributed by atoms with Crippen LogP contribution < -0.4 is 0 Å². The molecule has 0 spiro atoms. The van der Waals surface area contributed by atoms with E-state index in [9.17, 15) is 0 Å². The highest BCUT2D eigenvalue weighted by atomic mass is 127. The first kappa shape index (κ1) is 16.9. The lowest BCUT2D eigenvalue weighted by Crippen LogP contribution is -2.10. The Bertz CT molecular complexity index is 814. The number of benzene rings is 1. The van der Waals surface area contributed by atoms with Gasteiger partial charge in [0.15, 0.2) is 0 Å². The van der Waals surface area contributed by atoms with E-state index in [4.69, 9.17) is 0 Å². The Morgan fingerprint density at radius 3 is 2.04 bits per heavy atom. The minimum atomic E-state index is 0.211. The van der Waals surface area contributed by atoms with Crippen LogP contribution in [0.15, 0.2) is 48.5 Å². The second-order valence-electron chi connectivity index (χ2n) is 6.51. The third kappa shape index (κ3) is 4.34. The van der Waals surface area contributed by atoms with Gasteiger partial charge in [0.2, 0.25) is 0 Å². The predicted molar refractivity (Wildman–Crippen MR) is 114 cm³/mol. The lowest BCUT2D eigenvalue weighted by molar-refractivity contribution is 0.590. The van der Waals surface area contributed by atoms with Gasteiger partial charge in [-0.3, -0.25) is 0 Å². The lowest BCUT2D eigenvalue weighted by Gasteiger charge is -2.18. The van der Waals surface area contributed by atoms with Crippen LogP contribution in [0.5, 0.6) is 0 Å². The molecular weight excluding hydrogens is 431 g/mol. The van der Waals surface area contributed by atoms with E-state index in [1.807, 2.05) is 22.7 Å². The number of rotatable bonds is 3. The fourth-order valence-electron chi connectivity index (χ4n) is 2.29. The average molecular weight is 450 g/mol. The van der Waals surface area contributed by atoms with Gasteiger partial charge in [-0.1, -0.05) is 51.1 Å². The van der Waals surface area contributed by atoms with Gasteiger partial charge in [0.05, 0.1) is 2.88 Å².